The van der Waals surface area contributed by atoms with Gasteiger partial charge in [0.25, 0.3) is 0 Å². The maximum Gasteiger partial charge on any atom is 0.123 e. The van der Waals surface area contributed by atoms with E-state index in [1.807, 2.05) is 0 Å². The minimum atomic E-state index is 0.440. The van der Waals surface area contributed by atoms with Crippen LogP contribution in [0.4, 0.5) is 0 Å². The van der Waals surface area contributed by atoms with Crippen LogP contribution in [0.1, 0.15) is 56.2 Å². The Labute approximate surface area is 129 Å². The molecule has 0 heterocycles. The molecule has 2 aliphatic rings. The minimum Gasteiger partial charge on any atom is -0.496 e. The van der Waals surface area contributed by atoms with Gasteiger partial charge in [-0.1, -0.05) is 25.5 Å². The third-order valence-corrected chi connectivity index (χ3v) is 5.64. The molecular weight excluding hydrogens is 258 g/mol. The number of methoxy groups -OCH3 is 1. The van der Waals surface area contributed by atoms with Gasteiger partial charge in [0.1, 0.15) is 5.75 Å². The second-order valence-electron chi connectivity index (χ2n) is 7.03. The van der Waals surface area contributed by atoms with E-state index in [1.54, 1.807) is 7.11 Å². The molecule has 116 valence electrons. The van der Waals surface area contributed by atoms with Crippen molar-refractivity contribution in [1.29, 1.82) is 0 Å². The minimum absolute atomic E-state index is 0.440. The summed E-state index contributed by atoms with van der Waals surface area (Å²) in [5.74, 6) is 3.98. The van der Waals surface area contributed by atoms with Crippen molar-refractivity contribution in [3.05, 3.63) is 29.3 Å². The number of aryl methyl sites for hydroxylation is 1. The van der Waals surface area contributed by atoms with E-state index in [0.29, 0.717) is 6.04 Å². The van der Waals surface area contributed by atoms with E-state index in [0.717, 1.165) is 30.0 Å². The lowest BCUT2D eigenvalue weighted by Crippen LogP contribution is -2.26. The van der Waals surface area contributed by atoms with Crippen molar-refractivity contribution in [1.82, 2.24) is 5.32 Å². The highest BCUT2D eigenvalue weighted by Crippen LogP contribution is 2.51. The molecule has 2 fully saturated rings. The summed E-state index contributed by atoms with van der Waals surface area (Å²) in [6.07, 6.45) is 7.18. The van der Waals surface area contributed by atoms with Crippen LogP contribution in [0.15, 0.2) is 18.2 Å². The quantitative estimate of drug-likeness (QED) is 0.833. The summed E-state index contributed by atoms with van der Waals surface area (Å²) in [7, 11) is 1.79. The molecule has 2 aliphatic carbocycles. The lowest BCUT2D eigenvalue weighted by molar-refractivity contribution is 0.277. The Balaban J connectivity index is 1.77. The number of nitrogens with one attached hydrogen (secondary N) is 1. The zero-order chi connectivity index (χ0) is 14.8. The van der Waals surface area contributed by atoms with Crippen molar-refractivity contribution in [3.63, 3.8) is 0 Å². The Bertz CT molecular complexity index is 484. The summed E-state index contributed by atoms with van der Waals surface area (Å²) in [5.41, 5.74) is 2.61. The SMILES string of the molecule is CCNC(CC1CC2CCC1C2)c1ccc(C)cc1OC. The zero-order valence-corrected chi connectivity index (χ0v) is 13.7. The van der Waals surface area contributed by atoms with Crippen LogP contribution >= 0.6 is 0 Å². The molecule has 2 bridgehead atoms. The molecule has 1 N–H and O–H groups in total. The van der Waals surface area contributed by atoms with Gasteiger partial charge in [0, 0.05) is 11.6 Å². The Kier molecular flexibility index (Phi) is 4.54. The zero-order valence-electron chi connectivity index (χ0n) is 13.7. The number of hydrogen-bond donors (Lipinski definition) is 1. The summed E-state index contributed by atoms with van der Waals surface area (Å²) >= 11 is 0. The fourth-order valence-electron chi connectivity index (χ4n) is 4.64. The van der Waals surface area contributed by atoms with Gasteiger partial charge < -0.3 is 10.1 Å². The highest BCUT2D eigenvalue weighted by Gasteiger charge is 2.40. The van der Waals surface area contributed by atoms with Crippen molar-refractivity contribution in [2.75, 3.05) is 13.7 Å². The van der Waals surface area contributed by atoms with Crippen LogP contribution in [-0.2, 0) is 0 Å². The molecule has 0 radical (unpaired) electrons. The normalized spacial score (nSPS) is 28.8. The molecule has 3 rings (SSSR count). The molecule has 0 aliphatic heterocycles. The van der Waals surface area contributed by atoms with Crippen molar-refractivity contribution in [2.45, 2.75) is 52.0 Å². The largest absolute Gasteiger partial charge is 0.496 e. The molecule has 4 atom stereocenters. The standard InChI is InChI=1S/C19H29NO/c1-4-20-18(12-16-11-14-6-7-15(16)10-14)17-8-5-13(2)9-19(17)21-3/h5,8-9,14-16,18,20H,4,6-7,10-12H2,1-3H3. The molecule has 0 spiro atoms. The first-order valence-electron chi connectivity index (χ1n) is 8.59. The first kappa shape index (κ1) is 14.9. The highest BCUT2D eigenvalue weighted by molar-refractivity contribution is 5.39. The van der Waals surface area contributed by atoms with Crippen LogP contribution in [-0.4, -0.2) is 13.7 Å². The average molecular weight is 287 g/mol. The van der Waals surface area contributed by atoms with Gasteiger partial charge in [0.05, 0.1) is 7.11 Å². The maximum atomic E-state index is 5.64. The molecule has 0 saturated heterocycles. The van der Waals surface area contributed by atoms with Crippen LogP contribution < -0.4 is 10.1 Å². The highest BCUT2D eigenvalue weighted by atomic mass is 16.5. The number of hydrogen-bond acceptors (Lipinski definition) is 2. The average Bonchev–Trinajstić information content (AvgIpc) is 3.09. The first-order chi connectivity index (χ1) is 10.2. The molecule has 1 aromatic carbocycles. The van der Waals surface area contributed by atoms with E-state index in [-0.39, 0.29) is 0 Å². The molecule has 2 nitrogen and oxygen atoms in total. The van der Waals surface area contributed by atoms with Crippen molar-refractivity contribution in [3.8, 4) is 5.75 Å². The third-order valence-electron chi connectivity index (χ3n) is 5.64. The smallest absolute Gasteiger partial charge is 0.123 e. The van der Waals surface area contributed by atoms with Gasteiger partial charge in [-0.15, -0.1) is 0 Å². The predicted molar refractivity (Wildman–Crippen MR) is 87.7 cm³/mol. The number of benzene rings is 1. The summed E-state index contributed by atoms with van der Waals surface area (Å²) < 4.78 is 5.64. The van der Waals surface area contributed by atoms with Crippen LogP contribution in [0, 0.1) is 24.7 Å². The summed E-state index contributed by atoms with van der Waals surface area (Å²) in [6, 6.07) is 7.08. The third kappa shape index (κ3) is 3.11. The Hall–Kier alpha value is -1.02. The van der Waals surface area contributed by atoms with Gasteiger partial charge >= 0.3 is 0 Å². The van der Waals surface area contributed by atoms with E-state index >= 15 is 0 Å². The lowest BCUT2D eigenvalue weighted by atomic mass is 9.82. The molecular formula is C19H29NO. The van der Waals surface area contributed by atoms with Crippen LogP contribution in [0.25, 0.3) is 0 Å². The van der Waals surface area contributed by atoms with Gasteiger partial charge in [-0.25, -0.2) is 0 Å². The Morgan fingerprint density at radius 1 is 1.29 bits per heavy atom. The van der Waals surface area contributed by atoms with E-state index in [2.05, 4.69) is 37.4 Å². The van der Waals surface area contributed by atoms with E-state index in [4.69, 9.17) is 4.74 Å². The van der Waals surface area contributed by atoms with Crippen molar-refractivity contribution < 1.29 is 4.74 Å². The number of ether oxygens (including phenoxy) is 1. The van der Waals surface area contributed by atoms with Crippen LogP contribution in [0.2, 0.25) is 0 Å². The second kappa shape index (κ2) is 6.39. The summed E-state index contributed by atoms with van der Waals surface area (Å²) in [4.78, 5) is 0. The van der Waals surface area contributed by atoms with Gasteiger partial charge in [-0.2, -0.15) is 0 Å². The Morgan fingerprint density at radius 3 is 2.76 bits per heavy atom. The van der Waals surface area contributed by atoms with Crippen LogP contribution in [0.5, 0.6) is 5.75 Å². The molecule has 21 heavy (non-hydrogen) atoms. The van der Waals surface area contributed by atoms with E-state index in [9.17, 15) is 0 Å². The Morgan fingerprint density at radius 2 is 2.14 bits per heavy atom. The van der Waals surface area contributed by atoms with Gasteiger partial charge in [-0.3, -0.25) is 0 Å². The molecule has 0 aromatic heterocycles. The molecule has 1 aromatic rings. The topological polar surface area (TPSA) is 21.3 Å². The van der Waals surface area contributed by atoms with Crippen molar-refractivity contribution in [2.24, 2.45) is 17.8 Å². The molecule has 2 saturated carbocycles. The van der Waals surface area contributed by atoms with E-state index < -0.39 is 0 Å². The fourth-order valence-corrected chi connectivity index (χ4v) is 4.64. The molecule has 0 amide bonds. The van der Waals surface area contributed by atoms with Crippen molar-refractivity contribution >= 4 is 0 Å². The monoisotopic (exact) mass is 287 g/mol. The summed E-state index contributed by atoms with van der Waals surface area (Å²) in [6.45, 7) is 5.35. The van der Waals surface area contributed by atoms with Gasteiger partial charge in [0.15, 0.2) is 0 Å². The summed E-state index contributed by atoms with van der Waals surface area (Å²) in [5, 5.41) is 3.70. The fraction of sp³-hybridized carbons (Fsp3) is 0.684. The first-order valence-corrected chi connectivity index (χ1v) is 8.59. The number of rotatable bonds is 6. The van der Waals surface area contributed by atoms with Gasteiger partial charge in [-0.05, 0) is 68.5 Å². The van der Waals surface area contributed by atoms with Gasteiger partial charge in [0.2, 0.25) is 0 Å². The lowest BCUT2D eigenvalue weighted by Gasteiger charge is -2.28. The molecule has 4 unspecified atom stereocenters. The second-order valence-corrected chi connectivity index (χ2v) is 7.03. The van der Waals surface area contributed by atoms with Crippen LogP contribution in [0.3, 0.4) is 0 Å². The maximum absolute atomic E-state index is 5.64. The molecule has 2 heteroatoms. The predicted octanol–water partition coefficient (Wildman–Crippen LogP) is 4.48. The number of fused-ring (bicyclic) bond motifs is 2. The van der Waals surface area contributed by atoms with E-state index in [1.165, 1.54) is 43.2 Å².